The predicted octanol–water partition coefficient (Wildman–Crippen LogP) is 3.56. The van der Waals surface area contributed by atoms with Gasteiger partial charge in [0, 0.05) is 21.4 Å². The smallest absolute Gasteiger partial charge is 0.336 e. The van der Waals surface area contributed by atoms with Crippen molar-refractivity contribution in [1.29, 1.82) is 0 Å². The van der Waals surface area contributed by atoms with Crippen molar-refractivity contribution in [1.82, 2.24) is 9.97 Å². The second kappa shape index (κ2) is 5.81. The normalized spacial score (nSPS) is 13.6. The fourth-order valence-electron chi connectivity index (χ4n) is 2.53. The highest BCUT2D eigenvalue weighted by atomic mass is 79.9. The lowest BCUT2D eigenvalue weighted by molar-refractivity contribution is 0.0696. The molecule has 1 heterocycles. The molecule has 0 saturated heterocycles. The summed E-state index contributed by atoms with van der Waals surface area (Å²) in [5, 5.41) is 12.4. The first-order valence-electron chi connectivity index (χ1n) is 6.78. The van der Waals surface area contributed by atoms with Gasteiger partial charge in [-0.05, 0) is 59.8 Å². The van der Waals surface area contributed by atoms with Crippen molar-refractivity contribution >= 4 is 33.4 Å². The minimum atomic E-state index is -0.963. The number of carboxylic acid groups (broad SMARTS) is 1. The van der Waals surface area contributed by atoms with Crippen molar-refractivity contribution in [2.75, 3.05) is 5.32 Å². The summed E-state index contributed by atoms with van der Waals surface area (Å²) in [6.07, 6.45) is 5.79. The van der Waals surface area contributed by atoms with Gasteiger partial charge in [-0.25, -0.2) is 14.8 Å². The number of aromatic nitrogens is 2. The van der Waals surface area contributed by atoms with Gasteiger partial charge < -0.3 is 10.4 Å². The topological polar surface area (TPSA) is 75.1 Å². The molecule has 108 valence electrons. The summed E-state index contributed by atoms with van der Waals surface area (Å²) in [5.41, 5.74) is 3.17. The lowest BCUT2D eigenvalue weighted by Crippen LogP contribution is -2.10. The van der Waals surface area contributed by atoms with Gasteiger partial charge in [0.15, 0.2) is 0 Å². The zero-order valence-electron chi connectivity index (χ0n) is 11.3. The minimum Gasteiger partial charge on any atom is -0.478 e. The van der Waals surface area contributed by atoms with E-state index >= 15 is 0 Å². The molecule has 1 aromatic carbocycles. The van der Waals surface area contributed by atoms with Crippen LogP contribution in [0.5, 0.6) is 0 Å². The van der Waals surface area contributed by atoms with Crippen LogP contribution in [0.25, 0.3) is 0 Å². The van der Waals surface area contributed by atoms with E-state index in [1.807, 2.05) is 6.07 Å². The first-order valence-corrected chi connectivity index (χ1v) is 7.57. The average Bonchev–Trinajstić information content (AvgIpc) is 2.49. The fraction of sp³-hybridized carbons (Fsp3) is 0.267. The number of nitrogens with zero attached hydrogens (tertiary/aromatic N) is 2. The third-order valence-corrected chi connectivity index (χ3v) is 4.28. The molecule has 0 saturated carbocycles. The number of aromatic carboxylic acids is 1. The summed E-state index contributed by atoms with van der Waals surface area (Å²) in [6.45, 7) is 0. The van der Waals surface area contributed by atoms with Crippen LogP contribution in [-0.4, -0.2) is 21.0 Å². The van der Waals surface area contributed by atoms with Crippen molar-refractivity contribution in [3.63, 3.8) is 0 Å². The molecular formula is C15H14BrN3O2. The summed E-state index contributed by atoms with van der Waals surface area (Å²) >= 11 is 3.24. The maximum absolute atomic E-state index is 11.2. The zero-order chi connectivity index (χ0) is 14.8. The number of carbonyl (C=O) groups is 1. The van der Waals surface area contributed by atoms with Crippen molar-refractivity contribution < 1.29 is 9.90 Å². The molecule has 21 heavy (non-hydrogen) atoms. The zero-order valence-corrected chi connectivity index (χ0v) is 12.9. The van der Waals surface area contributed by atoms with Crippen LogP contribution in [0.4, 0.5) is 11.5 Å². The van der Waals surface area contributed by atoms with Crippen molar-refractivity contribution in [3.8, 4) is 0 Å². The summed E-state index contributed by atoms with van der Waals surface area (Å²) in [4.78, 5) is 19.8. The van der Waals surface area contributed by atoms with Gasteiger partial charge in [0.1, 0.15) is 12.1 Å². The Balaban J connectivity index is 1.94. The Kier molecular flexibility index (Phi) is 3.88. The Morgan fingerprint density at radius 3 is 2.86 bits per heavy atom. The molecule has 0 unspecified atom stereocenters. The Labute approximate surface area is 130 Å². The van der Waals surface area contributed by atoms with E-state index in [1.54, 1.807) is 18.5 Å². The molecule has 1 aliphatic carbocycles. The van der Waals surface area contributed by atoms with Crippen LogP contribution in [0, 0.1) is 0 Å². The number of fused-ring (bicyclic) bond motifs is 1. The Hall–Kier alpha value is -1.95. The summed E-state index contributed by atoms with van der Waals surface area (Å²) in [5.74, 6) is -0.186. The van der Waals surface area contributed by atoms with Crippen LogP contribution in [0.1, 0.15) is 34.5 Å². The third-order valence-electron chi connectivity index (χ3n) is 3.58. The number of halogens is 1. The molecule has 0 radical (unpaired) electrons. The first-order chi connectivity index (χ1) is 10.1. The van der Waals surface area contributed by atoms with E-state index < -0.39 is 5.97 Å². The van der Waals surface area contributed by atoms with Gasteiger partial charge in [0.2, 0.25) is 0 Å². The molecule has 6 heteroatoms. The molecule has 3 rings (SSSR count). The van der Waals surface area contributed by atoms with Gasteiger partial charge >= 0.3 is 5.97 Å². The van der Waals surface area contributed by atoms with E-state index in [2.05, 4.69) is 31.2 Å². The molecule has 2 N–H and O–H groups in total. The molecule has 0 atom stereocenters. The third kappa shape index (κ3) is 2.90. The van der Waals surface area contributed by atoms with Crippen LogP contribution in [0.15, 0.2) is 29.0 Å². The SMILES string of the molecule is O=C(O)c1cc(Nc2ncnc3c2CCCC3)ccc1Br. The van der Waals surface area contributed by atoms with Crippen molar-refractivity contribution in [3.05, 3.63) is 45.8 Å². The summed E-state index contributed by atoms with van der Waals surface area (Å²) in [7, 11) is 0. The largest absolute Gasteiger partial charge is 0.478 e. The maximum atomic E-state index is 11.2. The van der Waals surface area contributed by atoms with E-state index in [0.717, 1.165) is 42.8 Å². The van der Waals surface area contributed by atoms with Gasteiger partial charge in [-0.15, -0.1) is 0 Å². The number of hydrogen-bond donors (Lipinski definition) is 2. The number of hydrogen-bond acceptors (Lipinski definition) is 4. The molecule has 5 nitrogen and oxygen atoms in total. The first kappa shape index (κ1) is 14.0. The molecule has 1 aromatic heterocycles. The minimum absolute atomic E-state index is 0.225. The van der Waals surface area contributed by atoms with Gasteiger partial charge in [-0.3, -0.25) is 0 Å². The van der Waals surface area contributed by atoms with Crippen molar-refractivity contribution in [2.24, 2.45) is 0 Å². The summed E-state index contributed by atoms with van der Waals surface area (Å²) < 4.78 is 0.560. The highest BCUT2D eigenvalue weighted by Gasteiger charge is 2.16. The molecule has 2 aromatic rings. The molecule has 0 fully saturated rings. The van der Waals surface area contributed by atoms with E-state index in [1.165, 1.54) is 0 Å². The van der Waals surface area contributed by atoms with Crippen LogP contribution in [0.2, 0.25) is 0 Å². The summed E-state index contributed by atoms with van der Waals surface area (Å²) in [6, 6.07) is 5.15. The van der Waals surface area contributed by atoms with Gasteiger partial charge in [0.25, 0.3) is 0 Å². The second-order valence-corrected chi connectivity index (χ2v) is 5.83. The predicted molar refractivity (Wildman–Crippen MR) is 83.1 cm³/mol. The van der Waals surface area contributed by atoms with Crippen LogP contribution < -0.4 is 5.32 Å². The standard InChI is InChI=1S/C15H14BrN3O2/c16-12-6-5-9(7-11(12)15(20)21)19-14-10-3-1-2-4-13(10)17-8-18-14/h5-8H,1-4H2,(H,20,21)(H,17,18,19). The molecule has 0 amide bonds. The molecule has 0 spiro atoms. The number of aryl methyl sites for hydroxylation is 1. The monoisotopic (exact) mass is 347 g/mol. The Morgan fingerprint density at radius 2 is 2.05 bits per heavy atom. The van der Waals surface area contributed by atoms with Gasteiger partial charge in [-0.2, -0.15) is 0 Å². The number of rotatable bonds is 3. The van der Waals surface area contributed by atoms with E-state index in [4.69, 9.17) is 5.11 Å². The maximum Gasteiger partial charge on any atom is 0.336 e. The number of carboxylic acids is 1. The lowest BCUT2D eigenvalue weighted by Gasteiger charge is -2.18. The number of nitrogens with one attached hydrogen (secondary N) is 1. The Bertz CT molecular complexity index is 703. The average molecular weight is 348 g/mol. The second-order valence-electron chi connectivity index (χ2n) is 4.98. The van der Waals surface area contributed by atoms with Gasteiger partial charge in [-0.1, -0.05) is 0 Å². The van der Waals surface area contributed by atoms with Crippen LogP contribution in [-0.2, 0) is 12.8 Å². The number of anilines is 2. The number of benzene rings is 1. The van der Waals surface area contributed by atoms with Crippen LogP contribution in [0.3, 0.4) is 0 Å². The highest BCUT2D eigenvalue weighted by molar-refractivity contribution is 9.10. The quantitative estimate of drug-likeness (QED) is 0.887. The fourth-order valence-corrected chi connectivity index (χ4v) is 2.95. The molecule has 0 aliphatic heterocycles. The molecule has 0 bridgehead atoms. The lowest BCUT2D eigenvalue weighted by atomic mass is 9.96. The highest BCUT2D eigenvalue weighted by Crippen LogP contribution is 2.28. The molecule has 1 aliphatic rings. The van der Waals surface area contributed by atoms with E-state index in [9.17, 15) is 4.79 Å². The molecular weight excluding hydrogens is 334 g/mol. The van der Waals surface area contributed by atoms with E-state index in [0.29, 0.717) is 10.2 Å². The van der Waals surface area contributed by atoms with Gasteiger partial charge in [0.05, 0.1) is 5.56 Å². The van der Waals surface area contributed by atoms with Crippen LogP contribution >= 0.6 is 15.9 Å². The van der Waals surface area contributed by atoms with E-state index in [-0.39, 0.29) is 5.56 Å². The Morgan fingerprint density at radius 1 is 1.24 bits per heavy atom. The van der Waals surface area contributed by atoms with Crippen molar-refractivity contribution in [2.45, 2.75) is 25.7 Å².